The van der Waals surface area contributed by atoms with E-state index in [4.69, 9.17) is 14.5 Å². The molecule has 0 bridgehead atoms. The second-order valence-electron chi connectivity index (χ2n) is 7.72. The summed E-state index contributed by atoms with van der Waals surface area (Å²) >= 11 is 3.01. The van der Waals surface area contributed by atoms with Crippen LogP contribution in [0, 0.1) is 5.92 Å². The number of benzene rings is 1. The fraction of sp³-hybridized carbons (Fsp3) is 0.429. The van der Waals surface area contributed by atoms with Crippen LogP contribution in [-0.2, 0) is 4.79 Å². The highest BCUT2D eigenvalue weighted by atomic mass is 32.2. The second kappa shape index (κ2) is 8.88. The number of nitrogens with one attached hydrogen (secondary N) is 1. The zero-order valence-electron chi connectivity index (χ0n) is 17.2. The van der Waals surface area contributed by atoms with Crippen LogP contribution in [0.2, 0.25) is 0 Å². The lowest BCUT2D eigenvalue weighted by molar-refractivity contribution is -0.113. The van der Waals surface area contributed by atoms with Gasteiger partial charge in [0.1, 0.15) is 29.3 Å². The van der Waals surface area contributed by atoms with Crippen LogP contribution in [0.3, 0.4) is 0 Å². The van der Waals surface area contributed by atoms with Crippen LogP contribution in [0.25, 0.3) is 10.3 Å². The summed E-state index contributed by atoms with van der Waals surface area (Å²) < 4.78 is 12.0. The molecule has 0 radical (unpaired) electrons. The van der Waals surface area contributed by atoms with Crippen molar-refractivity contribution in [2.75, 3.05) is 42.3 Å². The van der Waals surface area contributed by atoms with Crippen LogP contribution in [0.15, 0.2) is 29.6 Å². The number of carbonyl (C=O) groups excluding carboxylic acids is 1. The van der Waals surface area contributed by atoms with E-state index in [2.05, 4.69) is 27.1 Å². The van der Waals surface area contributed by atoms with Crippen LogP contribution < -0.4 is 19.7 Å². The molecule has 0 spiro atoms. The van der Waals surface area contributed by atoms with Crippen molar-refractivity contribution in [2.24, 2.45) is 5.92 Å². The third-order valence-electron chi connectivity index (χ3n) is 5.24. The summed E-state index contributed by atoms with van der Waals surface area (Å²) in [4.78, 5) is 28.3. The normalized spacial score (nSPS) is 18.2. The summed E-state index contributed by atoms with van der Waals surface area (Å²) in [6, 6.07) is 5.41. The van der Waals surface area contributed by atoms with E-state index in [9.17, 15) is 4.79 Å². The van der Waals surface area contributed by atoms with Crippen molar-refractivity contribution < 1.29 is 14.3 Å². The number of fused-ring (bicyclic) bond motifs is 2. The number of thioether (sulfide) groups is 1. The first-order valence-electron chi connectivity index (χ1n) is 10.3. The number of nitrogens with zero attached hydrogens (tertiary/aromatic N) is 4. The number of aromatic nitrogens is 3. The lowest BCUT2D eigenvalue weighted by Gasteiger charge is -2.30. The molecule has 1 N–H and O–H groups in total. The molecule has 5 rings (SSSR count). The lowest BCUT2D eigenvalue weighted by atomic mass is 10.0. The Kier molecular flexibility index (Phi) is 5.82. The van der Waals surface area contributed by atoms with Crippen molar-refractivity contribution in [3.8, 4) is 11.5 Å². The van der Waals surface area contributed by atoms with Gasteiger partial charge < -0.3 is 19.7 Å². The highest BCUT2D eigenvalue weighted by Gasteiger charge is 2.21. The summed E-state index contributed by atoms with van der Waals surface area (Å²) in [7, 11) is 0. The molecule has 2 aromatic heterocycles. The molecule has 3 aromatic rings. The molecule has 10 heteroatoms. The van der Waals surface area contributed by atoms with Gasteiger partial charge in [-0.1, -0.05) is 30.0 Å². The van der Waals surface area contributed by atoms with E-state index in [1.54, 1.807) is 17.4 Å². The molecule has 0 aliphatic carbocycles. The van der Waals surface area contributed by atoms with Crippen molar-refractivity contribution in [3.63, 3.8) is 0 Å². The first-order valence-corrected chi connectivity index (χ1v) is 12.1. The third-order valence-corrected chi connectivity index (χ3v) is 7.47. The molecular formula is C21H23N5O3S2. The largest absolute Gasteiger partial charge is 0.486 e. The van der Waals surface area contributed by atoms with Gasteiger partial charge in [-0.25, -0.2) is 9.97 Å². The first-order chi connectivity index (χ1) is 15.2. The van der Waals surface area contributed by atoms with Crippen molar-refractivity contribution in [3.05, 3.63) is 24.5 Å². The summed E-state index contributed by atoms with van der Waals surface area (Å²) in [6.45, 7) is 5.38. The first kappa shape index (κ1) is 20.3. The number of amides is 1. The Bertz CT molecular complexity index is 1110. The monoisotopic (exact) mass is 457 g/mol. The Morgan fingerprint density at radius 3 is 3.03 bits per heavy atom. The second-order valence-corrected chi connectivity index (χ2v) is 9.66. The van der Waals surface area contributed by atoms with E-state index < -0.39 is 0 Å². The molecule has 4 heterocycles. The number of thiazole rings is 1. The quantitative estimate of drug-likeness (QED) is 0.457. The zero-order valence-corrected chi connectivity index (χ0v) is 18.8. The lowest BCUT2D eigenvalue weighted by Crippen LogP contribution is -2.34. The van der Waals surface area contributed by atoms with Gasteiger partial charge in [-0.3, -0.25) is 4.79 Å². The van der Waals surface area contributed by atoms with Gasteiger partial charge in [-0.15, -0.1) is 0 Å². The van der Waals surface area contributed by atoms with E-state index >= 15 is 0 Å². The maximum Gasteiger partial charge on any atom is 0.234 e. The number of ether oxygens (including phenoxy) is 2. The van der Waals surface area contributed by atoms with Crippen LogP contribution in [0.5, 0.6) is 11.5 Å². The molecule has 8 nitrogen and oxygen atoms in total. The van der Waals surface area contributed by atoms with Crippen LogP contribution in [-0.4, -0.2) is 52.9 Å². The summed E-state index contributed by atoms with van der Waals surface area (Å²) in [5.74, 6) is 2.16. The van der Waals surface area contributed by atoms with Crippen molar-refractivity contribution in [1.29, 1.82) is 0 Å². The number of carbonyl (C=O) groups is 1. The molecule has 2 aliphatic heterocycles. The minimum absolute atomic E-state index is 0.108. The van der Waals surface area contributed by atoms with Gasteiger partial charge in [-0.05, 0) is 30.9 Å². The Morgan fingerprint density at radius 1 is 1.29 bits per heavy atom. The van der Waals surface area contributed by atoms with Gasteiger partial charge in [0.2, 0.25) is 5.91 Å². The Balaban J connectivity index is 1.25. The molecule has 2 aliphatic rings. The van der Waals surface area contributed by atoms with Gasteiger partial charge in [0.15, 0.2) is 22.3 Å². The molecule has 31 heavy (non-hydrogen) atoms. The highest BCUT2D eigenvalue weighted by molar-refractivity contribution is 8.00. The van der Waals surface area contributed by atoms with Crippen LogP contribution in [0.4, 0.5) is 10.8 Å². The zero-order chi connectivity index (χ0) is 21.2. The maximum absolute atomic E-state index is 12.5. The molecule has 0 saturated carbocycles. The van der Waals surface area contributed by atoms with E-state index in [0.29, 0.717) is 42.0 Å². The number of rotatable bonds is 5. The minimum atomic E-state index is -0.108. The van der Waals surface area contributed by atoms with E-state index in [-0.39, 0.29) is 11.7 Å². The number of hydrogen-bond acceptors (Lipinski definition) is 9. The molecule has 1 fully saturated rings. The Hall–Kier alpha value is -2.59. The van der Waals surface area contributed by atoms with Gasteiger partial charge >= 0.3 is 0 Å². The number of hydrogen-bond donors (Lipinski definition) is 1. The van der Waals surface area contributed by atoms with Crippen molar-refractivity contribution >= 4 is 50.2 Å². The van der Waals surface area contributed by atoms with E-state index in [1.165, 1.54) is 30.9 Å². The average Bonchev–Trinajstić information content (AvgIpc) is 3.23. The topological polar surface area (TPSA) is 89.5 Å². The average molecular weight is 458 g/mol. The number of anilines is 2. The van der Waals surface area contributed by atoms with Crippen LogP contribution >= 0.6 is 23.1 Å². The molecule has 1 aromatic carbocycles. The molecular weight excluding hydrogens is 434 g/mol. The summed E-state index contributed by atoms with van der Waals surface area (Å²) in [6.07, 6.45) is 3.97. The predicted octanol–water partition coefficient (Wildman–Crippen LogP) is 3.82. The summed E-state index contributed by atoms with van der Waals surface area (Å²) in [5.41, 5.74) is 1.38. The SMILES string of the molecule is C[C@@H]1CCCN(c2nc3ncnc(SCC(=O)Nc4ccc5c(c4)OCCO5)c3s2)C1. The number of piperidine rings is 1. The van der Waals surface area contributed by atoms with Crippen LogP contribution in [0.1, 0.15) is 19.8 Å². The third kappa shape index (κ3) is 4.54. The maximum atomic E-state index is 12.5. The van der Waals surface area contributed by atoms with Crippen molar-refractivity contribution in [2.45, 2.75) is 24.8 Å². The van der Waals surface area contributed by atoms with Gasteiger partial charge in [0, 0.05) is 24.8 Å². The minimum Gasteiger partial charge on any atom is -0.486 e. The molecule has 1 atom stereocenters. The van der Waals surface area contributed by atoms with Gasteiger partial charge in [0.25, 0.3) is 0 Å². The van der Waals surface area contributed by atoms with Crippen molar-refractivity contribution in [1.82, 2.24) is 15.0 Å². The highest BCUT2D eigenvalue weighted by Crippen LogP contribution is 2.36. The Morgan fingerprint density at radius 2 is 2.16 bits per heavy atom. The van der Waals surface area contributed by atoms with Gasteiger partial charge in [0.05, 0.1) is 5.75 Å². The fourth-order valence-corrected chi connectivity index (χ4v) is 5.70. The fourth-order valence-electron chi connectivity index (χ4n) is 3.78. The van der Waals surface area contributed by atoms with Gasteiger partial charge in [-0.2, -0.15) is 4.98 Å². The molecule has 162 valence electrons. The smallest absolute Gasteiger partial charge is 0.234 e. The molecule has 1 saturated heterocycles. The standard InChI is InChI=1S/C21H23N5O3S2/c1-13-3-2-6-26(10-13)21-25-19-18(31-21)20(23-12-22-19)30-11-17(27)24-14-4-5-15-16(9-14)29-8-7-28-15/h4-5,9,12-13H,2-3,6-8,10-11H2,1H3,(H,24,27)/t13-/m1/s1. The van der Waals surface area contributed by atoms with E-state index in [0.717, 1.165) is 27.9 Å². The summed E-state index contributed by atoms with van der Waals surface area (Å²) in [5, 5.41) is 4.69. The molecule has 1 amide bonds. The predicted molar refractivity (Wildman–Crippen MR) is 123 cm³/mol. The molecule has 0 unspecified atom stereocenters. The van der Waals surface area contributed by atoms with E-state index in [1.807, 2.05) is 12.1 Å². The Labute approximate surface area is 188 Å².